The molecule has 0 aliphatic carbocycles. The van der Waals surface area contributed by atoms with Crippen molar-refractivity contribution in [3.8, 4) is 5.75 Å². The molecule has 2 heterocycles. The third kappa shape index (κ3) is 2.56. The molecule has 2 unspecified atom stereocenters. The Morgan fingerprint density at radius 3 is 2.86 bits per heavy atom. The zero-order valence-corrected chi connectivity index (χ0v) is 12.8. The van der Waals surface area contributed by atoms with Gasteiger partial charge in [0.05, 0.1) is 18.4 Å². The molecule has 2 atom stereocenters. The van der Waals surface area contributed by atoms with Crippen LogP contribution in [-0.4, -0.2) is 21.5 Å². The maximum Gasteiger partial charge on any atom is 0.122 e. The molecule has 112 valence electrons. The van der Waals surface area contributed by atoms with Gasteiger partial charge in [0.25, 0.3) is 0 Å². The minimum Gasteiger partial charge on any atom is -0.493 e. The zero-order chi connectivity index (χ0) is 15.0. The summed E-state index contributed by atoms with van der Waals surface area (Å²) in [5.74, 6) is 1.30. The average Bonchev–Trinajstić information content (AvgIpc) is 2.72. The summed E-state index contributed by atoms with van der Waals surface area (Å²) in [7, 11) is 1.92. The number of aromatic nitrogens is 2. The summed E-state index contributed by atoms with van der Waals surface area (Å²) in [5, 5.41) is 15.1. The second-order valence-electron chi connectivity index (χ2n) is 5.83. The molecule has 1 aromatic carbocycles. The molecule has 0 fully saturated rings. The molecule has 1 aromatic heterocycles. The molecule has 0 amide bonds. The van der Waals surface area contributed by atoms with Crippen LogP contribution in [0.15, 0.2) is 24.3 Å². The SMILES string of the molecule is Cc1nn(C)c(C)c1C(O)CC1CCOc2ccccc21. The van der Waals surface area contributed by atoms with Crippen LogP contribution >= 0.6 is 0 Å². The number of rotatable bonds is 3. The molecule has 4 nitrogen and oxygen atoms in total. The maximum atomic E-state index is 10.7. The first-order valence-electron chi connectivity index (χ1n) is 7.47. The molecule has 21 heavy (non-hydrogen) atoms. The molecule has 3 rings (SSSR count). The minimum absolute atomic E-state index is 0.337. The lowest BCUT2D eigenvalue weighted by Crippen LogP contribution is -2.17. The summed E-state index contributed by atoms with van der Waals surface area (Å²) in [6, 6.07) is 8.14. The van der Waals surface area contributed by atoms with Gasteiger partial charge >= 0.3 is 0 Å². The van der Waals surface area contributed by atoms with Gasteiger partial charge in [-0.15, -0.1) is 0 Å². The smallest absolute Gasteiger partial charge is 0.122 e. The lowest BCUT2D eigenvalue weighted by molar-refractivity contribution is 0.144. The van der Waals surface area contributed by atoms with Crippen molar-refractivity contribution in [1.82, 2.24) is 9.78 Å². The van der Waals surface area contributed by atoms with E-state index < -0.39 is 6.10 Å². The highest BCUT2D eigenvalue weighted by molar-refractivity contribution is 5.38. The van der Waals surface area contributed by atoms with E-state index in [-0.39, 0.29) is 0 Å². The molecule has 0 spiro atoms. The third-order valence-electron chi connectivity index (χ3n) is 4.49. The van der Waals surface area contributed by atoms with Gasteiger partial charge in [-0.2, -0.15) is 5.10 Å². The number of para-hydroxylation sites is 1. The Balaban J connectivity index is 1.84. The number of benzene rings is 1. The van der Waals surface area contributed by atoms with Crippen molar-refractivity contribution < 1.29 is 9.84 Å². The van der Waals surface area contributed by atoms with Gasteiger partial charge in [-0.25, -0.2) is 0 Å². The van der Waals surface area contributed by atoms with Crippen LogP contribution in [-0.2, 0) is 7.05 Å². The molecule has 1 aliphatic heterocycles. The van der Waals surface area contributed by atoms with Crippen LogP contribution in [0.1, 0.15) is 47.4 Å². The van der Waals surface area contributed by atoms with Crippen LogP contribution in [0.5, 0.6) is 5.75 Å². The maximum absolute atomic E-state index is 10.7. The van der Waals surface area contributed by atoms with Crippen LogP contribution < -0.4 is 4.74 Å². The van der Waals surface area contributed by atoms with Crippen LogP contribution in [0, 0.1) is 13.8 Å². The monoisotopic (exact) mass is 286 g/mol. The molecule has 4 heteroatoms. The van der Waals surface area contributed by atoms with E-state index in [2.05, 4.69) is 11.2 Å². The van der Waals surface area contributed by atoms with Crippen molar-refractivity contribution in [2.45, 2.75) is 38.7 Å². The molecule has 0 bridgehead atoms. The van der Waals surface area contributed by atoms with Gasteiger partial charge in [0.2, 0.25) is 0 Å². The highest BCUT2D eigenvalue weighted by atomic mass is 16.5. The number of nitrogens with zero attached hydrogens (tertiary/aromatic N) is 2. The van der Waals surface area contributed by atoms with Crippen molar-refractivity contribution in [1.29, 1.82) is 0 Å². The predicted octanol–water partition coefficient (Wildman–Crippen LogP) is 3.03. The Kier molecular flexibility index (Phi) is 3.72. The van der Waals surface area contributed by atoms with E-state index in [1.54, 1.807) is 0 Å². The summed E-state index contributed by atoms with van der Waals surface area (Å²) in [6.07, 6.45) is 1.19. The van der Waals surface area contributed by atoms with Crippen LogP contribution in [0.2, 0.25) is 0 Å². The minimum atomic E-state index is -0.477. The van der Waals surface area contributed by atoms with E-state index in [4.69, 9.17) is 4.74 Å². The van der Waals surface area contributed by atoms with Crippen molar-refractivity contribution in [2.75, 3.05) is 6.61 Å². The highest BCUT2D eigenvalue weighted by Crippen LogP contribution is 2.39. The first kappa shape index (κ1) is 14.1. The van der Waals surface area contributed by atoms with E-state index in [9.17, 15) is 5.11 Å². The van der Waals surface area contributed by atoms with E-state index in [0.29, 0.717) is 12.3 Å². The molecule has 0 saturated carbocycles. The topological polar surface area (TPSA) is 47.3 Å². The van der Waals surface area contributed by atoms with E-state index in [1.165, 1.54) is 5.56 Å². The number of ether oxygens (including phenoxy) is 1. The fourth-order valence-electron chi connectivity index (χ4n) is 3.32. The van der Waals surface area contributed by atoms with Crippen molar-refractivity contribution in [3.63, 3.8) is 0 Å². The number of aliphatic hydroxyl groups excluding tert-OH is 1. The van der Waals surface area contributed by atoms with Gasteiger partial charge in [-0.3, -0.25) is 4.68 Å². The quantitative estimate of drug-likeness (QED) is 0.943. The van der Waals surface area contributed by atoms with E-state index >= 15 is 0 Å². The lowest BCUT2D eigenvalue weighted by atomic mass is 9.86. The summed E-state index contributed by atoms with van der Waals surface area (Å²) in [5.41, 5.74) is 4.15. The second kappa shape index (κ2) is 5.53. The molecular weight excluding hydrogens is 264 g/mol. The van der Waals surface area contributed by atoms with Crippen LogP contribution in [0.3, 0.4) is 0 Å². The molecule has 1 N–H and O–H groups in total. The molecule has 2 aromatic rings. The molecule has 0 saturated heterocycles. The van der Waals surface area contributed by atoms with Gasteiger partial charge in [0.15, 0.2) is 0 Å². The first-order valence-corrected chi connectivity index (χ1v) is 7.47. The summed E-state index contributed by atoms with van der Waals surface area (Å²) in [4.78, 5) is 0. The standard InChI is InChI=1S/C17H22N2O2/c1-11-17(12(2)19(3)18-11)15(20)10-13-8-9-21-16-7-5-4-6-14(13)16/h4-7,13,15,20H,8-10H2,1-3H3. The van der Waals surface area contributed by atoms with Crippen molar-refractivity contribution in [3.05, 3.63) is 46.8 Å². The highest BCUT2D eigenvalue weighted by Gasteiger charge is 2.26. The van der Waals surface area contributed by atoms with E-state index in [1.807, 2.05) is 43.8 Å². The van der Waals surface area contributed by atoms with Gasteiger partial charge < -0.3 is 9.84 Å². The predicted molar refractivity (Wildman–Crippen MR) is 81.6 cm³/mol. The Labute approximate surface area is 125 Å². The summed E-state index contributed by atoms with van der Waals surface area (Å²) >= 11 is 0. The average molecular weight is 286 g/mol. The van der Waals surface area contributed by atoms with Crippen LogP contribution in [0.4, 0.5) is 0 Å². The Hall–Kier alpha value is -1.81. The zero-order valence-electron chi connectivity index (χ0n) is 12.8. The summed E-state index contributed by atoms with van der Waals surface area (Å²) in [6.45, 7) is 4.69. The number of aliphatic hydroxyl groups is 1. The largest absolute Gasteiger partial charge is 0.493 e. The molecular formula is C17H22N2O2. The molecule has 0 radical (unpaired) electrons. The number of aryl methyl sites for hydroxylation is 2. The Morgan fingerprint density at radius 1 is 1.38 bits per heavy atom. The van der Waals surface area contributed by atoms with Crippen molar-refractivity contribution >= 4 is 0 Å². The Bertz CT molecular complexity index is 648. The fourth-order valence-corrected chi connectivity index (χ4v) is 3.32. The van der Waals surface area contributed by atoms with Gasteiger partial charge in [-0.05, 0) is 44.2 Å². The number of fused-ring (bicyclic) bond motifs is 1. The Morgan fingerprint density at radius 2 is 2.14 bits per heavy atom. The van der Waals surface area contributed by atoms with Crippen LogP contribution in [0.25, 0.3) is 0 Å². The summed E-state index contributed by atoms with van der Waals surface area (Å²) < 4.78 is 7.53. The van der Waals surface area contributed by atoms with Crippen molar-refractivity contribution in [2.24, 2.45) is 7.05 Å². The van der Waals surface area contributed by atoms with E-state index in [0.717, 1.165) is 35.7 Å². The normalized spacial score (nSPS) is 19.0. The molecule has 1 aliphatic rings. The van der Waals surface area contributed by atoms with Gasteiger partial charge in [-0.1, -0.05) is 18.2 Å². The second-order valence-corrected chi connectivity index (χ2v) is 5.83. The number of hydrogen-bond donors (Lipinski definition) is 1. The first-order chi connectivity index (χ1) is 10.1. The lowest BCUT2D eigenvalue weighted by Gasteiger charge is -2.27. The fraction of sp³-hybridized carbons (Fsp3) is 0.471. The third-order valence-corrected chi connectivity index (χ3v) is 4.49. The van der Waals surface area contributed by atoms with Gasteiger partial charge in [0, 0.05) is 18.3 Å². The number of hydrogen-bond acceptors (Lipinski definition) is 3. The van der Waals surface area contributed by atoms with Gasteiger partial charge in [0.1, 0.15) is 5.75 Å².